The molecule has 23 heavy (non-hydrogen) atoms. The Morgan fingerprint density at radius 3 is 2.65 bits per heavy atom. The number of fused-ring (bicyclic) bond motifs is 1. The highest BCUT2D eigenvalue weighted by atomic mass is 16.4. The Labute approximate surface area is 133 Å². The van der Waals surface area contributed by atoms with Gasteiger partial charge >= 0.3 is 0 Å². The summed E-state index contributed by atoms with van der Waals surface area (Å²) in [5.74, 6) is 0.501. The summed E-state index contributed by atoms with van der Waals surface area (Å²) in [5.41, 5.74) is 5.65. The molecule has 0 saturated heterocycles. The van der Waals surface area contributed by atoms with Gasteiger partial charge in [0.2, 0.25) is 0 Å². The zero-order chi connectivity index (χ0) is 17.0. The van der Waals surface area contributed by atoms with Gasteiger partial charge < -0.3 is 20.4 Å². The summed E-state index contributed by atoms with van der Waals surface area (Å²) < 4.78 is 0. The van der Waals surface area contributed by atoms with Crippen molar-refractivity contribution in [1.29, 1.82) is 0 Å². The third kappa shape index (κ3) is 4.23. The predicted molar refractivity (Wildman–Crippen MR) is 88.4 cm³/mol. The lowest BCUT2D eigenvalue weighted by Gasteiger charge is -2.18. The maximum absolute atomic E-state index is 9.63. The summed E-state index contributed by atoms with van der Waals surface area (Å²) >= 11 is 0. The Morgan fingerprint density at radius 2 is 1.96 bits per heavy atom. The average molecular weight is 319 g/mol. The smallest absolute Gasteiger partial charge is 0.147 e. The molecule has 0 saturated carbocycles. The van der Waals surface area contributed by atoms with Gasteiger partial charge in [0.25, 0.3) is 0 Å². The van der Waals surface area contributed by atoms with Gasteiger partial charge in [-0.05, 0) is 37.1 Å². The molecule has 2 rings (SSSR count). The van der Waals surface area contributed by atoms with E-state index in [9.17, 15) is 15.3 Å². The maximum atomic E-state index is 9.63. The first-order valence-corrected chi connectivity index (χ1v) is 7.24. The van der Waals surface area contributed by atoms with Gasteiger partial charge in [0, 0.05) is 5.39 Å². The number of anilines is 1. The van der Waals surface area contributed by atoms with Crippen LogP contribution in [-0.2, 0) is 0 Å². The summed E-state index contributed by atoms with van der Waals surface area (Å²) in [6.07, 6.45) is -3.31. The number of hydrazone groups is 1. The van der Waals surface area contributed by atoms with E-state index in [1.165, 1.54) is 0 Å². The van der Waals surface area contributed by atoms with E-state index in [1.54, 1.807) is 0 Å². The third-order valence-corrected chi connectivity index (χ3v) is 3.51. The second-order valence-electron chi connectivity index (χ2n) is 5.47. The molecule has 1 aromatic carbocycles. The second-order valence-corrected chi connectivity index (χ2v) is 5.47. The summed E-state index contributed by atoms with van der Waals surface area (Å²) in [6.45, 7) is 3.30. The number of nitrogens with zero attached hydrogens (tertiary/aromatic N) is 2. The van der Waals surface area contributed by atoms with E-state index < -0.39 is 24.9 Å². The Balaban J connectivity index is 2.11. The Kier molecular flexibility index (Phi) is 5.62. The number of aryl methyl sites for hydroxylation is 2. The molecule has 0 radical (unpaired) electrons. The van der Waals surface area contributed by atoms with Gasteiger partial charge in [0.05, 0.1) is 18.3 Å². The van der Waals surface area contributed by atoms with E-state index in [0.29, 0.717) is 5.82 Å². The van der Waals surface area contributed by atoms with Crippen LogP contribution in [0.4, 0.5) is 5.82 Å². The molecule has 1 aromatic heterocycles. The Hall–Kier alpha value is -2.06. The van der Waals surface area contributed by atoms with Crippen molar-refractivity contribution in [3.8, 4) is 0 Å². The van der Waals surface area contributed by atoms with Crippen LogP contribution in [0.5, 0.6) is 0 Å². The number of rotatable bonds is 6. The molecule has 5 N–H and O–H groups in total. The predicted octanol–water partition coefficient (Wildman–Crippen LogP) is 0.324. The van der Waals surface area contributed by atoms with Crippen LogP contribution in [0.15, 0.2) is 29.4 Å². The van der Waals surface area contributed by atoms with Gasteiger partial charge in [-0.3, -0.25) is 5.43 Å². The maximum Gasteiger partial charge on any atom is 0.147 e. The zero-order valence-electron chi connectivity index (χ0n) is 13.0. The Morgan fingerprint density at radius 1 is 1.22 bits per heavy atom. The lowest BCUT2D eigenvalue weighted by atomic mass is 10.1. The molecule has 0 aliphatic heterocycles. The third-order valence-electron chi connectivity index (χ3n) is 3.51. The summed E-state index contributed by atoms with van der Waals surface area (Å²) in [4.78, 5) is 4.43. The van der Waals surface area contributed by atoms with Crippen LogP contribution >= 0.6 is 0 Å². The minimum atomic E-state index is -1.51. The quantitative estimate of drug-likeness (QED) is 0.387. The molecule has 0 spiro atoms. The molecule has 1 heterocycles. The number of nitrogens with one attached hydrogen (secondary N) is 1. The number of aliphatic hydroxyl groups is 4. The molecule has 0 bridgehead atoms. The molecule has 2 aromatic rings. The molecule has 124 valence electrons. The molecule has 7 nitrogen and oxygen atoms in total. The lowest BCUT2D eigenvalue weighted by molar-refractivity contribution is -0.0541. The molecule has 0 amide bonds. The molecule has 7 heteroatoms. The minimum absolute atomic E-state index is 0.501. The standard InChI is InChI=1S/C16H21N3O4/c1-9-3-4-11-10(2)6-15(18-12(11)5-9)19-17-7-13(21)16(23)14(22)8-20/h3-7,13-14,16,20-23H,8H2,1-2H3,(H,18,19)/b17-7+/t13-,14-,16+/m0/s1. The van der Waals surface area contributed by atoms with Gasteiger partial charge in [0.1, 0.15) is 24.1 Å². The number of aliphatic hydroxyl groups excluding tert-OH is 4. The average Bonchev–Trinajstić information content (AvgIpc) is 2.52. The summed E-state index contributed by atoms with van der Waals surface area (Å²) in [7, 11) is 0. The van der Waals surface area contributed by atoms with Crippen LogP contribution in [0, 0.1) is 13.8 Å². The fourth-order valence-corrected chi connectivity index (χ4v) is 2.17. The summed E-state index contributed by atoms with van der Waals surface area (Å²) in [6, 6.07) is 7.82. The first-order valence-electron chi connectivity index (χ1n) is 7.24. The number of pyridine rings is 1. The topological polar surface area (TPSA) is 118 Å². The van der Waals surface area contributed by atoms with Crippen molar-refractivity contribution >= 4 is 22.9 Å². The largest absolute Gasteiger partial charge is 0.394 e. The van der Waals surface area contributed by atoms with E-state index in [2.05, 4.69) is 15.5 Å². The fourth-order valence-electron chi connectivity index (χ4n) is 2.17. The number of aromatic nitrogens is 1. The molecule has 3 atom stereocenters. The van der Waals surface area contributed by atoms with E-state index in [-0.39, 0.29) is 0 Å². The van der Waals surface area contributed by atoms with Crippen LogP contribution in [0.2, 0.25) is 0 Å². The number of hydrogen-bond donors (Lipinski definition) is 5. The summed E-state index contributed by atoms with van der Waals surface area (Å²) in [5, 5.41) is 42.0. The van der Waals surface area contributed by atoms with Crippen molar-refractivity contribution in [3.05, 3.63) is 35.4 Å². The highest BCUT2D eigenvalue weighted by Crippen LogP contribution is 2.21. The number of benzene rings is 1. The molecular weight excluding hydrogens is 298 g/mol. The van der Waals surface area contributed by atoms with Crippen LogP contribution < -0.4 is 5.43 Å². The van der Waals surface area contributed by atoms with Crippen molar-refractivity contribution in [3.63, 3.8) is 0 Å². The highest BCUT2D eigenvalue weighted by Gasteiger charge is 2.22. The van der Waals surface area contributed by atoms with Crippen molar-refractivity contribution in [2.45, 2.75) is 32.2 Å². The fraction of sp³-hybridized carbons (Fsp3) is 0.375. The first-order chi connectivity index (χ1) is 10.9. The second kappa shape index (κ2) is 7.47. The van der Waals surface area contributed by atoms with Crippen LogP contribution in [-0.4, -0.2) is 56.5 Å². The van der Waals surface area contributed by atoms with Crippen molar-refractivity contribution in [2.24, 2.45) is 5.10 Å². The lowest BCUT2D eigenvalue weighted by Crippen LogP contribution is -2.40. The van der Waals surface area contributed by atoms with E-state index in [1.807, 2.05) is 38.1 Å². The Bertz CT molecular complexity index is 705. The van der Waals surface area contributed by atoms with Crippen molar-refractivity contribution in [1.82, 2.24) is 4.98 Å². The van der Waals surface area contributed by atoms with E-state index in [0.717, 1.165) is 28.2 Å². The van der Waals surface area contributed by atoms with Gasteiger partial charge in [-0.15, -0.1) is 0 Å². The SMILES string of the molecule is Cc1ccc2c(C)cc(N/N=C/[C@H](O)[C@@H](O)[C@@H](O)CO)nc2c1. The van der Waals surface area contributed by atoms with Gasteiger partial charge in [-0.2, -0.15) is 5.10 Å². The van der Waals surface area contributed by atoms with Gasteiger partial charge in [0.15, 0.2) is 0 Å². The minimum Gasteiger partial charge on any atom is -0.394 e. The molecule has 0 aliphatic rings. The molecule has 0 fully saturated rings. The van der Waals surface area contributed by atoms with Crippen LogP contribution in [0.3, 0.4) is 0 Å². The zero-order valence-corrected chi connectivity index (χ0v) is 13.0. The van der Waals surface area contributed by atoms with Crippen LogP contribution in [0.25, 0.3) is 10.9 Å². The van der Waals surface area contributed by atoms with Crippen molar-refractivity contribution in [2.75, 3.05) is 12.0 Å². The first kappa shape index (κ1) is 17.3. The molecule has 0 aliphatic carbocycles. The molecular formula is C16H21N3O4. The van der Waals surface area contributed by atoms with Crippen LogP contribution in [0.1, 0.15) is 11.1 Å². The monoisotopic (exact) mass is 319 g/mol. The van der Waals surface area contributed by atoms with E-state index >= 15 is 0 Å². The van der Waals surface area contributed by atoms with Crippen molar-refractivity contribution < 1.29 is 20.4 Å². The van der Waals surface area contributed by atoms with E-state index in [4.69, 9.17) is 5.11 Å². The molecule has 0 unspecified atom stereocenters. The number of hydrogen-bond acceptors (Lipinski definition) is 7. The van der Waals surface area contributed by atoms with Gasteiger partial charge in [-0.1, -0.05) is 12.1 Å². The normalized spacial score (nSPS) is 15.7. The van der Waals surface area contributed by atoms with Gasteiger partial charge in [-0.25, -0.2) is 4.98 Å². The highest BCUT2D eigenvalue weighted by molar-refractivity contribution is 5.84.